The molecule has 3 aromatic carbocycles. The number of fused-ring (bicyclic) bond motifs is 1. The number of hydrogen-bond donors (Lipinski definition) is 0. The first kappa shape index (κ1) is 18.3. The zero-order valence-electron chi connectivity index (χ0n) is 15.0. The zero-order chi connectivity index (χ0) is 19.2. The maximum Gasteiger partial charge on any atom is 0.268 e. The number of para-hydroxylation sites is 1. The molecule has 0 saturated carbocycles. The van der Waals surface area contributed by atoms with Crippen molar-refractivity contribution >= 4 is 43.5 Å². The molecule has 0 N–H and O–H groups in total. The van der Waals surface area contributed by atoms with E-state index in [0.29, 0.717) is 16.1 Å². The van der Waals surface area contributed by atoms with E-state index < -0.39 is 10.0 Å². The molecule has 0 bridgehead atoms. The van der Waals surface area contributed by atoms with Crippen molar-refractivity contribution in [2.45, 2.75) is 18.7 Å². The molecule has 4 aromatic rings. The summed E-state index contributed by atoms with van der Waals surface area (Å²) in [6.07, 6.45) is 0. The minimum absolute atomic E-state index is 0.291. The van der Waals surface area contributed by atoms with Gasteiger partial charge in [-0.05, 0) is 60.7 Å². The molecule has 4 rings (SSSR count). The Labute approximate surface area is 172 Å². The maximum atomic E-state index is 13.6. The Hall–Kier alpha value is -2.12. The molecule has 3 nitrogen and oxygen atoms in total. The highest BCUT2D eigenvalue weighted by atomic mass is 127. The molecule has 1 aromatic heterocycles. The Morgan fingerprint density at radius 2 is 1.52 bits per heavy atom. The van der Waals surface area contributed by atoms with Gasteiger partial charge in [-0.15, -0.1) is 0 Å². The van der Waals surface area contributed by atoms with Gasteiger partial charge < -0.3 is 0 Å². The molecule has 136 valence electrons. The van der Waals surface area contributed by atoms with Gasteiger partial charge in [0, 0.05) is 14.5 Å². The summed E-state index contributed by atoms with van der Waals surface area (Å²) in [4.78, 5) is 0.291. The van der Waals surface area contributed by atoms with Gasteiger partial charge in [-0.1, -0.05) is 59.7 Å². The standard InChI is InChI=1S/C22H18INO2S/c1-15-10-12-18(13-11-15)27(25,26)24-20-9-4-3-8-19(20)21(23)22(24)17-7-5-6-16(2)14-17/h3-14H,1-2H3. The highest BCUT2D eigenvalue weighted by Gasteiger charge is 2.26. The Morgan fingerprint density at radius 3 is 2.22 bits per heavy atom. The molecule has 0 amide bonds. The van der Waals surface area contributed by atoms with E-state index in [9.17, 15) is 8.42 Å². The summed E-state index contributed by atoms with van der Waals surface area (Å²) < 4.78 is 29.6. The molecule has 0 fully saturated rings. The Morgan fingerprint density at radius 1 is 0.815 bits per heavy atom. The summed E-state index contributed by atoms with van der Waals surface area (Å²) in [6.45, 7) is 3.96. The van der Waals surface area contributed by atoms with Crippen molar-refractivity contribution in [3.63, 3.8) is 0 Å². The van der Waals surface area contributed by atoms with Crippen LogP contribution in [0.15, 0.2) is 77.7 Å². The van der Waals surface area contributed by atoms with Gasteiger partial charge in [-0.3, -0.25) is 0 Å². The number of nitrogens with zero attached hydrogens (tertiary/aromatic N) is 1. The molecular weight excluding hydrogens is 469 g/mol. The molecule has 0 atom stereocenters. The quantitative estimate of drug-likeness (QED) is 0.345. The fraction of sp³-hybridized carbons (Fsp3) is 0.0909. The van der Waals surface area contributed by atoms with Crippen molar-refractivity contribution < 1.29 is 8.42 Å². The molecule has 0 radical (unpaired) electrons. The van der Waals surface area contributed by atoms with E-state index >= 15 is 0 Å². The summed E-state index contributed by atoms with van der Waals surface area (Å²) >= 11 is 2.25. The van der Waals surface area contributed by atoms with Crippen LogP contribution in [0.25, 0.3) is 22.2 Å². The van der Waals surface area contributed by atoms with Gasteiger partial charge in [-0.25, -0.2) is 12.4 Å². The van der Waals surface area contributed by atoms with Crippen LogP contribution in [-0.2, 0) is 10.0 Å². The van der Waals surface area contributed by atoms with Crippen molar-refractivity contribution in [2.24, 2.45) is 0 Å². The van der Waals surface area contributed by atoms with Crippen LogP contribution in [0.5, 0.6) is 0 Å². The first-order chi connectivity index (χ1) is 12.9. The summed E-state index contributed by atoms with van der Waals surface area (Å²) in [6, 6.07) is 22.6. The number of halogens is 1. The first-order valence-electron chi connectivity index (χ1n) is 8.58. The van der Waals surface area contributed by atoms with Crippen molar-refractivity contribution in [3.05, 3.63) is 87.5 Å². The second-order valence-corrected chi connectivity index (χ2v) is 9.50. The highest BCUT2D eigenvalue weighted by Crippen LogP contribution is 2.37. The molecule has 0 saturated heterocycles. The zero-order valence-corrected chi connectivity index (χ0v) is 18.0. The van der Waals surface area contributed by atoms with Gasteiger partial charge in [0.05, 0.1) is 16.1 Å². The highest BCUT2D eigenvalue weighted by molar-refractivity contribution is 14.1. The van der Waals surface area contributed by atoms with Crippen LogP contribution < -0.4 is 0 Å². The van der Waals surface area contributed by atoms with Crippen LogP contribution in [0.3, 0.4) is 0 Å². The van der Waals surface area contributed by atoms with E-state index in [-0.39, 0.29) is 0 Å². The van der Waals surface area contributed by atoms with Gasteiger partial charge in [0.25, 0.3) is 10.0 Å². The minimum Gasteiger partial charge on any atom is -0.232 e. The van der Waals surface area contributed by atoms with Crippen molar-refractivity contribution in [1.82, 2.24) is 3.97 Å². The van der Waals surface area contributed by atoms with Crippen molar-refractivity contribution in [1.29, 1.82) is 0 Å². The lowest BCUT2D eigenvalue weighted by Gasteiger charge is -2.13. The molecule has 0 unspecified atom stereocenters. The van der Waals surface area contributed by atoms with Gasteiger partial charge in [0.1, 0.15) is 0 Å². The number of rotatable bonds is 3. The summed E-state index contributed by atoms with van der Waals surface area (Å²) in [7, 11) is -3.74. The molecule has 27 heavy (non-hydrogen) atoms. The van der Waals surface area contributed by atoms with Gasteiger partial charge in [-0.2, -0.15) is 0 Å². The fourth-order valence-electron chi connectivity index (χ4n) is 3.28. The molecule has 1 heterocycles. The molecule has 0 aliphatic rings. The van der Waals surface area contributed by atoms with E-state index in [1.807, 2.05) is 74.5 Å². The summed E-state index contributed by atoms with van der Waals surface area (Å²) in [5, 5.41) is 0.935. The number of hydrogen-bond acceptors (Lipinski definition) is 2. The van der Waals surface area contributed by atoms with E-state index in [1.165, 1.54) is 3.97 Å². The monoisotopic (exact) mass is 487 g/mol. The second kappa shape index (κ2) is 6.80. The van der Waals surface area contributed by atoms with Crippen LogP contribution in [0.4, 0.5) is 0 Å². The van der Waals surface area contributed by atoms with E-state index in [2.05, 4.69) is 22.6 Å². The SMILES string of the molecule is Cc1ccc(S(=O)(=O)n2c(-c3cccc(C)c3)c(I)c3ccccc32)cc1. The third-order valence-corrected chi connectivity index (χ3v) is 7.44. The third kappa shape index (κ3) is 3.08. The number of aromatic nitrogens is 1. The van der Waals surface area contributed by atoms with Crippen LogP contribution in [0.1, 0.15) is 11.1 Å². The molecule has 0 aliphatic heterocycles. The average molecular weight is 487 g/mol. The number of aryl methyl sites for hydroxylation is 2. The Balaban J connectivity index is 2.11. The number of benzene rings is 3. The van der Waals surface area contributed by atoms with Gasteiger partial charge >= 0.3 is 0 Å². The van der Waals surface area contributed by atoms with Crippen LogP contribution in [0, 0.1) is 17.4 Å². The first-order valence-corrected chi connectivity index (χ1v) is 11.1. The van der Waals surface area contributed by atoms with Gasteiger partial charge in [0.2, 0.25) is 0 Å². The van der Waals surface area contributed by atoms with Crippen LogP contribution in [-0.4, -0.2) is 12.4 Å². The van der Waals surface area contributed by atoms with E-state index in [1.54, 1.807) is 12.1 Å². The molecule has 0 spiro atoms. The predicted octanol–water partition coefficient (Wildman–Crippen LogP) is 5.77. The Kier molecular flexibility index (Phi) is 4.60. The third-order valence-electron chi connectivity index (χ3n) is 4.62. The predicted molar refractivity (Wildman–Crippen MR) is 119 cm³/mol. The topological polar surface area (TPSA) is 39.1 Å². The van der Waals surface area contributed by atoms with E-state index in [0.717, 1.165) is 25.6 Å². The van der Waals surface area contributed by atoms with Gasteiger partial charge in [0.15, 0.2) is 0 Å². The lowest BCUT2D eigenvalue weighted by Crippen LogP contribution is -2.14. The van der Waals surface area contributed by atoms with Crippen molar-refractivity contribution in [3.8, 4) is 11.3 Å². The summed E-state index contributed by atoms with van der Waals surface area (Å²) in [5.41, 5.74) is 4.42. The molecule has 0 aliphatic carbocycles. The largest absolute Gasteiger partial charge is 0.268 e. The molecule has 5 heteroatoms. The van der Waals surface area contributed by atoms with Crippen LogP contribution >= 0.6 is 22.6 Å². The molecular formula is C22H18INO2S. The van der Waals surface area contributed by atoms with E-state index in [4.69, 9.17) is 0 Å². The Bertz CT molecular complexity index is 1260. The maximum absolute atomic E-state index is 13.6. The normalized spacial score (nSPS) is 11.8. The smallest absolute Gasteiger partial charge is 0.232 e. The summed E-state index contributed by atoms with van der Waals surface area (Å²) in [5.74, 6) is 0. The lowest BCUT2D eigenvalue weighted by molar-refractivity contribution is 0.589. The second-order valence-electron chi connectivity index (χ2n) is 6.63. The fourth-order valence-corrected chi connectivity index (χ4v) is 5.99. The lowest BCUT2D eigenvalue weighted by atomic mass is 10.1. The minimum atomic E-state index is -3.74. The van der Waals surface area contributed by atoms with Crippen molar-refractivity contribution in [2.75, 3.05) is 0 Å². The van der Waals surface area contributed by atoms with Crippen LogP contribution in [0.2, 0.25) is 0 Å². The average Bonchev–Trinajstić information content (AvgIpc) is 2.96.